The van der Waals surface area contributed by atoms with Crippen LogP contribution in [-0.2, 0) is 10.0 Å². The van der Waals surface area contributed by atoms with Crippen molar-refractivity contribution in [3.05, 3.63) is 65.6 Å². The van der Waals surface area contributed by atoms with Crippen LogP contribution in [0.1, 0.15) is 15.9 Å². The summed E-state index contributed by atoms with van der Waals surface area (Å²) in [6, 6.07) is 9.40. The van der Waals surface area contributed by atoms with E-state index in [-0.39, 0.29) is 27.0 Å². The van der Waals surface area contributed by atoms with Crippen LogP contribution in [0.2, 0.25) is 0 Å². The van der Waals surface area contributed by atoms with Crippen molar-refractivity contribution in [2.75, 3.05) is 4.72 Å². The van der Waals surface area contributed by atoms with Gasteiger partial charge in [-0.25, -0.2) is 17.6 Å². The standard InChI is InChI=1S/C17H13FN2O4S/c1-10-4-6-14(12(9-10)17(21)22)20-25(23,24)15-7-5-13(18)16-11(15)3-2-8-19-16/h2-9,20H,1H3,(H,21,22). The van der Waals surface area contributed by atoms with Gasteiger partial charge in [0.2, 0.25) is 0 Å². The van der Waals surface area contributed by atoms with E-state index in [9.17, 15) is 22.7 Å². The highest BCUT2D eigenvalue weighted by Gasteiger charge is 2.22. The Kier molecular flexibility index (Phi) is 4.13. The Morgan fingerprint density at radius 2 is 1.96 bits per heavy atom. The number of hydrogen-bond donors (Lipinski definition) is 2. The fourth-order valence-corrected chi connectivity index (χ4v) is 3.75. The number of aromatic carboxylic acids is 1. The van der Waals surface area contributed by atoms with Crippen LogP contribution >= 0.6 is 0 Å². The molecule has 2 aromatic carbocycles. The number of carboxylic acids is 1. The van der Waals surface area contributed by atoms with Crippen LogP contribution in [-0.4, -0.2) is 24.5 Å². The number of nitrogens with one attached hydrogen (secondary N) is 1. The van der Waals surface area contributed by atoms with Gasteiger partial charge in [0, 0.05) is 11.6 Å². The third-order valence-corrected chi connectivity index (χ3v) is 5.04. The van der Waals surface area contributed by atoms with Crippen molar-refractivity contribution in [2.24, 2.45) is 0 Å². The molecule has 3 aromatic rings. The van der Waals surface area contributed by atoms with E-state index in [4.69, 9.17) is 0 Å². The van der Waals surface area contributed by atoms with Gasteiger partial charge in [-0.15, -0.1) is 0 Å². The molecule has 0 aliphatic carbocycles. The summed E-state index contributed by atoms with van der Waals surface area (Å²) in [7, 11) is -4.15. The molecule has 0 atom stereocenters. The number of halogens is 1. The highest BCUT2D eigenvalue weighted by molar-refractivity contribution is 7.93. The van der Waals surface area contributed by atoms with Gasteiger partial charge in [0.1, 0.15) is 11.3 Å². The molecule has 0 aliphatic heterocycles. The van der Waals surface area contributed by atoms with Gasteiger partial charge in [-0.3, -0.25) is 9.71 Å². The second kappa shape index (κ2) is 6.14. The molecule has 0 unspecified atom stereocenters. The Balaban J connectivity index is 2.14. The fraction of sp³-hybridized carbons (Fsp3) is 0.0588. The summed E-state index contributed by atoms with van der Waals surface area (Å²) in [5.74, 6) is -1.90. The van der Waals surface area contributed by atoms with Crippen molar-refractivity contribution in [3.8, 4) is 0 Å². The van der Waals surface area contributed by atoms with Crippen LogP contribution in [0.15, 0.2) is 53.6 Å². The molecule has 1 heterocycles. The molecule has 8 heteroatoms. The molecule has 0 saturated heterocycles. The summed E-state index contributed by atoms with van der Waals surface area (Å²) in [6.07, 6.45) is 1.36. The zero-order valence-electron chi connectivity index (χ0n) is 13.0. The van der Waals surface area contributed by atoms with Gasteiger partial charge < -0.3 is 5.11 Å². The molecule has 0 bridgehead atoms. The minimum absolute atomic E-state index is 0.0699. The first-order valence-electron chi connectivity index (χ1n) is 7.19. The molecule has 1 aromatic heterocycles. The Bertz CT molecular complexity index is 1100. The normalized spacial score (nSPS) is 11.4. The number of rotatable bonds is 4. The SMILES string of the molecule is Cc1ccc(NS(=O)(=O)c2ccc(F)c3ncccc23)c(C(=O)O)c1. The van der Waals surface area contributed by atoms with E-state index in [1.807, 2.05) is 0 Å². The number of pyridine rings is 1. The van der Waals surface area contributed by atoms with Gasteiger partial charge in [-0.2, -0.15) is 0 Å². The third kappa shape index (κ3) is 3.16. The minimum Gasteiger partial charge on any atom is -0.478 e. The molecular formula is C17H13FN2O4S. The summed E-state index contributed by atoms with van der Waals surface area (Å²) in [6.45, 7) is 1.70. The molecule has 3 rings (SSSR count). The van der Waals surface area contributed by atoms with Crippen molar-refractivity contribution < 1.29 is 22.7 Å². The minimum atomic E-state index is -4.15. The Morgan fingerprint density at radius 1 is 1.20 bits per heavy atom. The second-order valence-corrected chi connectivity index (χ2v) is 7.06. The molecule has 25 heavy (non-hydrogen) atoms. The first kappa shape index (κ1) is 16.8. The number of hydrogen-bond acceptors (Lipinski definition) is 4. The summed E-state index contributed by atoms with van der Waals surface area (Å²) >= 11 is 0. The number of nitrogens with zero attached hydrogens (tertiary/aromatic N) is 1. The summed E-state index contributed by atoms with van der Waals surface area (Å²) in [4.78, 5) is 15.0. The molecule has 0 spiro atoms. The van der Waals surface area contributed by atoms with E-state index in [0.717, 1.165) is 12.1 Å². The van der Waals surface area contributed by atoms with Crippen molar-refractivity contribution in [1.29, 1.82) is 0 Å². The lowest BCUT2D eigenvalue weighted by Crippen LogP contribution is -2.16. The van der Waals surface area contributed by atoms with E-state index < -0.39 is 21.8 Å². The van der Waals surface area contributed by atoms with E-state index in [1.165, 1.54) is 30.5 Å². The molecular weight excluding hydrogens is 347 g/mol. The van der Waals surface area contributed by atoms with Gasteiger partial charge in [-0.1, -0.05) is 11.6 Å². The van der Waals surface area contributed by atoms with E-state index in [1.54, 1.807) is 13.0 Å². The van der Waals surface area contributed by atoms with Crippen molar-refractivity contribution in [2.45, 2.75) is 11.8 Å². The fourth-order valence-electron chi connectivity index (χ4n) is 2.47. The average Bonchev–Trinajstić information content (AvgIpc) is 2.56. The van der Waals surface area contributed by atoms with Gasteiger partial charge in [0.05, 0.1) is 16.1 Å². The lowest BCUT2D eigenvalue weighted by Gasteiger charge is -2.13. The topological polar surface area (TPSA) is 96.4 Å². The molecule has 0 amide bonds. The number of sulfonamides is 1. The molecule has 0 radical (unpaired) electrons. The molecule has 2 N–H and O–H groups in total. The maximum absolute atomic E-state index is 13.8. The Morgan fingerprint density at radius 3 is 2.68 bits per heavy atom. The van der Waals surface area contributed by atoms with Gasteiger partial charge in [0.25, 0.3) is 10.0 Å². The highest BCUT2D eigenvalue weighted by Crippen LogP contribution is 2.27. The molecule has 128 valence electrons. The van der Waals surface area contributed by atoms with Gasteiger partial charge in [0.15, 0.2) is 0 Å². The van der Waals surface area contributed by atoms with Crippen LogP contribution in [0.4, 0.5) is 10.1 Å². The molecule has 0 fully saturated rings. The third-order valence-electron chi connectivity index (χ3n) is 3.62. The Hall–Kier alpha value is -3.00. The van der Waals surface area contributed by atoms with Crippen LogP contribution in [0.25, 0.3) is 10.9 Å². The number of fused-ring (bicyclic) bond motifs is 1. The zero-order valence-corrected chi connectivity index (χ0v) is 13.8. The first-order valence-corrected chi connectivity index (χ1v) is 8.68. The summed E-state index contributed by atoms with van der Waals surface area (Å²) < 4.78 is 41.6. The highest BCUT2D eigenvalue weighted by atomic mass is 32.2. The van der Waals surface area contributed by atoms with Gasteiger partial charge >= 0.3 is 5.97 Å². The molecule has 6 nitrogen and oxygen atoms in total. The van der Waals surface area contributed by atoms with E-state index in [2.05, 4.69) is 9.71 Å². The maximum atomic E-state index is 13.8. The summed E-state index contributed by atoms with van der Waals surface area (Å²) in [5.41, 5.74) is 0.358. The summed E-state index contributed by atoms with van der Waals surface area (Å²) in [5, 5.41) is 9.38. The van der Waals surface area contributed by atoms with Crippen LogP contribution < -0.4 is 4.72 Å². The maximum Gasteiger partial charge on any atom is 0.337 e. The zero-order chi connectivity index (χ0) is 18.2. The number of anilines is 1. The van der Waals surface area contributed by atoms with Crippen LogP contribution in [0.3, 0.4) is 0 Å². The second-order valence-electron chi connectivity index (χ2n) is 5.40. The van der Waals surface area contributed by atoms with Crippen molar-refractivity contribution in [1.82, 2.24) is 4.98 Å². The number of benzene rings is 2. The smallest absolute Gasteiger partial charge is 0.337 e. The monoisotopic (exact) mass is 360 g/mol. The quantitative estimate of drug-likeness (QED) is 0.745. The van der Waals surface area contributed by atoms with Gasteiger partial charge in [-0.05, 0) is 43.3 Å². The first-order chi connectivity index (χ1) is 11.8. The van der Waals surface area contributed by atoms with Crippen LogP contribution in [0, 0.1) is 12.7 Å². The molecule has 0 aliphatic rings. The van der Waals surface area contributed by atoms with Crippen molar-refractivity contribution in [3.63, 3.8) is 0 Å². The van der Waals surface area contributed by atoms with E-state index >= 15 is 0 Å². The molecule has 0 saturated carbocycles. The number of carbonyl (C=O) groups is 1. The van der Waals surface area contributed by atoms with Crippen LogP contribution in [0.5, 0.6) is 0 Å². The largest absolute Gasteiger partial charge is 0.478 e. The van der Waals surface area contributed by atoms with Crippen molar-refractivity contribution >= 4 is 32.6 Å². The number of aromatic nitrogens is 1. The lowest BCUT2D eigenvalue weighted by atomic mass is 10.1. The van der Waals surface area contributed by atoms with E-state index in [0.29, 0.717) is 5.56 Å². The number of aryl methyl sites for hydroxylation is 1. The lowest BCUT2D eigenvalue weighted by molar-refractivity contribution is 0.0698. The predicted octanol–water partition coefficient (Wildman–Crippen LogP) is 3.18. The number of carboxylic acid groups (broad SMARTS) is 1. The Labute approximate surface area is 143 Å². The average molecular weight is 360 g/mol. The predicted molar refractivity (Wildman–Crippen MR) is 90.6 cm³/mol.